The summed E-state index contributed by atoms with van der Waals surface area (Å²) in [6.07, 6.45) is 2.69. The van der Waals surface area contributed by atoms with Crippen molar-refractivity contribution in [2.24, 2.45) is 0 Å². The predicted molar refractivity (Wildman–Crippen MR) is 84.1 cm³/mol. The number of halogens is 1. The minimum Gasteiger partial charge on any atom is -0.478 e. The Bertz CT molecular complexity index is 651. The zero-order valence-electron chi connectivity index (χ0n) is 11.6. The van der Waals surface area contributed by atoms with Crippen LogP contribution >= 0.6 is 11.3 Å². The Kier molecular flexibility index (Phi) is 5.11. The summed E-state index contributed by atoms with van der Waals surface area (Å²) in [7, 11) is 0. The van der Waals surface area contributed by atoms with Gasteiger partial charge in [-0.2, -0.15) is 0 Å². The Morgan fingerprint density at radius 3 is 2.81 bits per heavy atom. The lowest BCUT2D eigenvalue weighted by atomic mass is 10.2. The minimum atomic E-state index is -0.978. The number of anilines is 1. The Hall–Kier alpha value is -2.14. The summed E-state index contributed by atoms with van der Waals surface area (Å²) >= 11 is 1.54. The van der Waals surface area contributed by atoms with Gasteiger partial charge in [-0.15, -0.1) is 11.3 Å². The molecule has 0 atom stereocenters. The number of hydrogen-bond acceptors (Lipinski definition) is 3. The van der Waals surface area contributed by atoms with Crippen molar-refractivity contribution < 1.29 is 14.3 Å². The number of thiophene rings is 1. The Labute approximate surface area is 127 Å². The zero-order valence-corrected chi connectivity index (χ0v) is 12.4. The van der Waals surface area contributed by atoms with Gasteiger partial charge in [0, 0.05) is 17.5 Å². The fourth-order valence-corrected chi connectivity index (χ4v) is 2.92. The van der Waals surface area contributed by atoms with E-state index in [2.05, 4.69) is 0 Å². The number of para-hydroxylation sites is 1. The highest BCUT2D eigenvalue weighted by Crippen LogP contribution is 2.25. The van der Waals surface area contributed by atoms with Crippen molar-refractivity contribution in [3.05, 3.63) is 58.0 Å². The van der Waals surface area contributed by atoms with Gasteiger partial charge in [-0.3, -0.25) is 0 Å². The second-order valence-corrected chi connectivity index (χ2v) is 5.44. The molecule has 0 saturated carbocycles. The van der Waals surface area contributed by atoms with Crippen LogP contribution in [-0.2, 0) is 11.3 Å². The fourth-order valence-electron chi connectivity index (χ4n) is 2.04. The maximum atomic E-state index is 13.9. The van der Waals surface area contributed by atoms with E-state index >= 15 is 0 Å². The van der Waals surface area contributed by atoms with Crippen LogP contribution in [0.4, 0.5) is 10.1 Å². The first kappa shape index (κ1) is 15.3. The van der Waals surface area contributed by atoms with Crippen LogP contribution in [0.1, 0.15) is 17.4 Å². The number of rotatable bonds is 6. The summed E-state index contributed by atoms with van der Waals surface area (Å²) in [6.45, 7) is 3.18. The molecule has 110 valence electrons. The maximum Gasteiger partial charge on any atom is 0.328 e. The van der Waals surface area contributed by atoms with Crippen LogP contribution in [0.2, 0.25) is 0 Å². The van der Waals surface area contributed by atoms with E-state index in [1.807, 2.05) is 23.3 Å². The van der Waals surface area contributed by atoms with Gasteiger partial charge in [0.1, 0.15) is 5.82 Å². The van der Waals surface area contributed by atoms with E-state index in [1.54, 1.807) is 24.3 Å². The molecule has 21 heavy (non-hydrogen) atoms. The molecule has 0 amide bonds. The van der Waals surface area contributed by atoms with Crippen molar-refractivity contribution in [1.82, 2.24) is 0 Å². The van der Waals surface area contributed by atoms with E-state index in [1.165, 1.54) is 17.4 Å². The van der Waals surface area contributed by atoms with Gasteiger partial charge < -0.3 is 10.0 Å². The van der Waals surface area contributed by atoms with Gasteiger partial charge in [0.05, 0.1) is 12.2 Å². The molecule has 2 rings (SSSR count). The van der Waals surface area contributed by atoms with Crippen LogP contribution in [-0.4, -0.2) is 17.6 Å². The highest BCUT2D eigenvalue weighted by Gasteiger charge is 2.12. The van der Waals surface area contributed by atoms with Gasteiger partial charge in [-0.1, -0.05) is 12.1 Å². The van der Waals surface area contributed by atoms with E-state index in [4.69, 9.17) is 5.11 Å². The molecule has 0 aliphatic rings. The number of carboxylic acid groups (broad SMARTS) is 1. The quantitative estimate of drug-likeness (QED) is 0.820. The van der Waals surface area contributed by atoms with Crippen LogP contribution in [0.3, 0.4) is 0 Å². The van der Waals surface area contributed by atoms with Crippen molar-refractivity contribution >= 4 is 29.1 Å². The number of nitrogens with zero attached hydrogens (tertiary/aromatic N) is 1. The maximum absolute atomic E-state index is 13.9. The van der Waals surface area contributed by atoms with Crippen LogP contribution in [0.25, 0.3) is 6.08 Å². The smallest absolute Gasteiger partial charge is 0.328 e. The summed E-state index contributed by atoms with van der Waals surface area (Å²) in [4.78, 5) is 13.5. The zero-order chi connectivity index (χ0) is 15.2. The molecular formula is C16H16FNO2S. The van der Waals surface area contributed by atoms with Gasteiger partial charge in [0.25, 0.3) is 0 Å². The van der Waals surface area contributed by atoms with Crippen molar-refractivity contribution in [2.75, 3.05) is 11.4 Å². The number of aliphatic carboxylic acids is 1. The molecule has 0 saturated heterocycles. The fraction of sp³-hybridized carbons (Fsp3) is 0.188. The van der Waals surface area contributed by atoms with Gasteiger partial charge in [-0.05, 0) is 42.1 Å². The standard InChI is InChI=1S/C16H16FNO2S/c1-2-18(14-6-4-3-5-13(14)17)11-15-12(9-10-21-15)7-8-16(19)20/h3-10H,2,11H2,1H3,(H,19,20). The Morgan fingerprint density at radius 2 is 2.14 bits per heavy atom. The van der Waals surface area contributed by atoms with Crippen LogP contribution in [0.15, 0.2) is 41.8 Å². The van der Waals surface area contributed by atoms with Crippen molar-refractivity contribution in [1.29, 1.82) is 0 Å². The first-order chi connectivity index (χ1) is 10.1. The summed E-state index contributed by atoms with van der Waals surface area (Å²) in [5.41, 5.74) is 1.42. The largest absolute Gasteiger partial charge is 0.478 e. The molecule has 1 aromatic carbocycles. The molecule has 0 unspecified atom stereocenters. The second kappa shape index (κ2) is 7.04. The van der Waals surface area contributed by atoms with Crippen LogP contribution < -0.4 is 4.90 Å². The molecule has 2 aromatic rings. The highest BCUT2D eigenvalue weighted by atomic mass is 32.1. The van der Waals surface area contributed by atoms with E-state index < -0.39 is 5.97 Å². The number of carbonyl (C=O) groups is 1. The lowest BCUT2D eigenvalue weighted by Crippen LogP contribution is -2.22. The first-order valence-electron chi connectivity index (χ1n) is 6.58. The third kappa shape index (κ3) is 3.92. The van der Waals surface area contributed by atoms with Crippen LogP contribution in [0.5, 0.6) is 0 Å². The number of carboxylic acids is 1. The monoisotopic (exact) mass is 305 g/mol. The van der Waals surface area contributed by atoms with E-state index in [0.717, 1.165) is 16.5 Å². The summed E-state index contributed by atoms with van der Waals surface area (Å²) in [6, 6.07) is 8.53. The van der Waals surface area contributed by atoms with E-state index in [0.29, 0.717) is 18.8 Å². The third-order valence-corrected chi connectivity index (χ3v) is 4.02. The molecule has 0 fully saturated rings. The molecule has 0 bridgehead atoms. The average molecular weight is 305 g/mol. The molecular weight excluding hydrogens is 289 g/mol. The average Bonchev–Trinajstić information content (AvgIpc) is 2.90. The van der Waals surface area contributed by atoms with Crippen molar-refractivity contribution in [3.8, 4) is 0 Å². The molecule has 0 spiro atoms. The Morgan fingerprint density at radius 1 is 1.38 bits per heavy atom. The minimum absolute atomic E-state index is 0.251. The molecule has 3 nitrogen and oxygen atoms in total. The normalized spacial score (nSPS) is 11.0. The van der Waals surface area contributed by atoms with Gasteiger partial charge >= 0.3 is 5.97 Å². The molecule has 1 N–H and O–H groups in total. The van der Waals surface area contributed by atoms with Crippen molar-refractivity contribution in [3.63, 3.8) is 0 Å². The molecule has 1 heterocycles. The lowest BCUT2D eigenvalue weighted by molar-refractivity contribution is -0.131. The van der Waals surface area contributed by atoms with E-state index in [9.17, 15) is 9.18 Å². The highest BCUT2D eigenvalue weighted by molar-refractivity contribution is 7.10. The summed E-state index contributed by atoms with van der Waals surface area (Å²) in [5.74, 6) is -1.23. The van der Waals surface area contributed by atoms with Crippen LogP contribution in [0, 0.1) is 5.82 Å². The second-order valence-electron chi connectivity index (χ2n) is 4.44. The van der Waals surface area contributed by atoms with Crippen molar-refractivity contribution in [2.45, 2.75) is 13.5 Å². The van der Waals surface area contributed by atoms with Gasteiger partial charge in [0.2, 0.25) is 0 Å². The molecule has 0 aliphatic carbocycles. The number of hydrogen-bond donors (Lipinski definition) is 1. The lowest BCUT2D eigenvalue weighted by Gasteiger charge is -2.23. The topological polar surface area (TPSA) is 40.5 Å². The van der Waals surface area contributed by atoms with Gasteiger partial charge in [0.15, 0.2) is 0 Å². The molecule has 0 aliphatic heterocycles. The summed E-state index contributed by atoms with van der Waals surface area (Å²) in [5, 5.41) is 10.6. The van der Waals surface area contributed by atoms with E-state index in [-0.39, 0.29) is 5.82 Å². The predicted octanol–water partition coefficient (Wildman–Crippen LogP) is 4.01. The first-order valence-corrected chi connectivity index (χ1v) is 7.46. The molecule has 0 radical (unpaired) electrons. The SMILES string of the molecule is CCN(Cc1sccc1C=CC(=O)O)c1ccccc1F. The number of benzene rings is 1. The molecule has 5 heteroatoms. The molecule has 1 aromatic heterocycles. The van der Waals surface area contributed by atoms with Gasteiger partial charge in [-0.25, -0.2) is 9.18 Å². The Balaban J connectivity index is 2.22. The summed E-state index contributed by atoms with van der Waals surface area (Å²) < 4.78 is 13.9. The third-order valence-electron chi connectivity index (χ3n) is 3.09.